The fourth-order valence-electron chi connectivity index (χ4n) is 3.19. The molecular weight excluding hydrogens is 437 g/mol. The van der Waals surface area contributed by atoms with Crippen LogP contribution in [0.3, 0.4) is 0 Å². The number of carbonyl (C=O) groups excluding carboxylic acids is 1. The van der Waals surface area contributed by atoms with Gasteiger partial charge < -0.3 is 5.11 Å². The molecule has 0 radical (unpaired) electrons. The summed E-state index contributed by atoms with van der Waals surface area (Å²) in [5.41, 5.74) is -0.0182. The van der Waals surface area contributed by atoms with E-state index in [0.717, 1.165) is 18.9 Å². The first-order valence-electron chi connectivity index (χ1n) is 9.01. The molecule has 30 heavy (non-hydrogen) atoms. The van der Waals surface area contributed by atoms with Gasteiger partial charge in [0.15, 0.2) is 5.82 Å². The lowest BCUT2D eigenvalue weighted by atomic mass is 10.0. The lowest BCUT2D eigenvalue weighted by Gasteiger charge is -2.18. The maximum atomic E-state index is 15.1. The first-order valence-corrected chi connectivity index (χ1v) is 12.1. The zero-order chi connectivity index (χ0) is 21.7. The fourth-order valence-corrected chi connectivity index (χ4v) is 5.89. The second-order valence-corrected chi connectivity index (χ2v) is 10.6. The molecule has 160 valence electrons. The second kappa shape index (κ2) is 7.13. The van der Waals surface area contributed by atoms with Gasteiger partial charge in [-0.25, -0.2) is 21.8 Å². The predicted octanol–water partition coefficient (Wildman–Crippen LogP) is 1.53. The predicted molar refractivity (Wildman–Crippen MR) is 108 cm³/mol. The van der Waals surface area contributed by atoms with Crippen LogP contribution in [-0.2, 0) is 25.0 Å². The molecule has 3 N–H and O–H groups in total. The van der Waals surface area contributed by atoms with Gasteiger partial charge in [-0.05, 0) is 48.6 Å². The van der Waals surface area contributed by atoms with Gasteiger partial charge in [-0.3, -0.25) is 9.52 Å². The number of hydrogen-bond donors (Lipinski definition) is 3. The average molecular weight is 455 g/mol. The van der Waals surface area contributed by atoms with Gasteiger partial charge in [-0.1, -0.05) is 12.1 Å². The van der Waals surface area contributed by atoms with E-state index in [4.69, 9.17) is 0 Å². The number of sulfonamides is 1. The lowest BCUT2D eigenvalue weighted by Crippen LogP contribution is -2.30. The number of nitrogens with one attached hydrogen (secondary N) is 2. The molecule has 1 aliphatic carbocycles. The maximum absolute atomic E-state index is 15.1. The van der Waals surface area contributed by atoms with Crippen LogP contribution >= 0.6 is 0 Å². The standard InChI is InChI=1S/C18H18FN3O6S2/c19-17-14(7-8-15(23)18(17)22-9-16(24)21-30(22,27)28)12-3-5-13(6-4-12)20-29(25,26)10-11-1-2-11/h3-8,11,20,23H,1-2,9-10H2,(H,21,24). The van der Waals surface area contributed by atoms with Crippen LogP contribution in [0.5, 0.6) is 5.75 Å². The first kappa shape index (κ1) is 20.4. The van der Waals surface area contributed by atoms with Crippen LogP contribution < -0.4 is 13.7 Å². The lowest BCUT2D eigenvalue weighted by molar-refractivity contribution is -0.117. The molecule has 1 saturated heterocycles. The Morgan fingerprint density at radius 1 is 1.17 bits per heavy atom. The molecule has 0 unspecified atom stereocenters. The number of nitrogens with zero attached hydrogens (tertiary/aromatic N) is 1. The van der Waals surface area contributed by atoms with E-state index in [1.165, 1.54) is 30.3 Å². The molecule has 0 bridgehead atoms. The molecule has 1 saturated carbocycles. The highest BCUT2D eigenvalue weighted by Gasteiger charge is 2.38. The van der Waals surface area contributed by atoms with Crippen molar-refractivity contribution in [2.24, 2.45) is 5.92 Å². The molecule has 0 atom stereocenters. The third-order valence-corrected chi connectivity index (χ3v) is 7.62. The van der Waals surface area contributed by atoms with Crippen molar-refractivity contribution < 1.29 is 31.1 Å². The van der Waals surface area contributed by atoms with Crippen molar-refractivity contribution in [3.05, 3.63) is 42.2 Å². The fraction of sp³-hybridized carbons (Fsp3) is 0.278. The topological polar surface area (TPSA) is 133 Å². The van der Waals surface area contributed by atoms with Gasteiger partial charge >= 0.3 is 10.2 Å². The molecule has 12 heteroatoms. The van der Waals surface area contributed by atoms with Crippen LogP contribution in [0.25, 0.3) is 11.1 Å². The third-order valence-electron chi connectivity index (χ3n) is 4.79. The summed E-state index contributed by atoms with van der Waals surface area (Å²) in [5, 5.41) is 10.0. The van der Waals surface area contributed by atoms with E-state index in [9.17, 15) is 26.7 Å². The number of phenols is 1. The van der Waals surface area contributed by atoms with Gasteiger partial charge in [0.1, 0.15) is 18.0 Å². The average Bonchev–Trinajstić information content (AvgIpc) is 3.39. The van der Waals surface area contributed by atoms with Gasteiger partial charge in [0.2, 0.25) is 10.0 Å². The van der Waals surface area contributed by atoms with E-state index in [0.29, 0.717) is 15.6 Å². The Bertz CT molecular complexity index is 1230. The number of anilines is 2. The van der Waals surface area contributed by atoms with E-state index in [1.807, 2.05) is 0 Å². The van der Waals surface area contributed by atoms with Crippen molar-refractivity contribution in [1.82, 2.24) is 4.72 Å². The van der Waals surface area contributed by atoms with Crippen molar-refractivity contribution >= 4 is 37.5 Å². The summed E-state index contributed by atoms with van der Waals surface area (Å²) in [5.74, 6) is -2.27. The number of hydrogen-bond acceptors (Lipinski definition) is 6. The number of halogens is 1. The Labute approximate surface area is 172 Å². The molecule has 2 aliphatic rings. The SMILES string of the molecule is O=C1CN(c2c(O)ccc(-c3ccc(NS(=O)(=O)CC4CC4)cc3)c2F)S(=O)(=O)N1. The van der Waals surface area contributed by atoms with Crippen LogP contribution in [0, 0.1) is 11.7 Å². The number of rotatable bonds is 6. The highest BCUT2D eigenvalue weighted by Crippen LogP contribution is 2.39. The van der Waals surface area contributed by atoms with Crippen molar-refractivity contribution in [3.8, 4) is 16.9 Å². The molecule has 2 fully saturated rings. The molecule has 1 amide bonds. The third kappa shape index (κ3) is 4.05. The van der Waals surface area contributed by atoms with Gasteiger partial charge in [-0.2, -0.15) is 8.42 Å². The summed E-state index contributed by atoms with van der Waals surface area (Å²) in [7, 11) is -7.78. The van der Waals surface area contributed by atoms with Crippen molar-refractivity contribution in [1.29, 1.82) is 0 Å². The molecule has 0 spiro atoms. The highest BCUT2D eigenvalue weighted by molar-refractivity contribution is 7.92. The highest BCUT2D eigenvalue weighted by atomic mass is 32.2. The molecule has 4 rings (SSSR count). The molecular formula is C18H18FN3O6S2. The minimum atomic E-state index is -4.31. The molecule has 2 aromatic rings. The molecule has 0 aromatic heterocycles. The van der Waals surface area contributed by atoms with Crippen molar-refractivity contribution in [2.75, 3.05) is 21.3 Å². The minimum Gasteiger partial charge on any atom is -0.506 e. The summed E-state index contributed by atoms with van der Waals surface area (Å²) in [4.78, 5) is 11.5. The Morgan fingerprint density at radius 2 is 1.83 bits per heavy atom. The first-order chi connectivity index (χ1) is 14.1. The van der Waals surface area contributed by atoms with Gasteiger partial charge in [0, 0.05) is 11.3 Å². The monoisotopic (exact) mass is 455 g/mol. The summed E-state index contributed by atoms with van der Waals surface area (Å²) in [6, 6.07) is 8.25. The van der Waals surface area contributed by atoms with E-state index in [1.54, 1.807) is 4.72 Å². The summed E-state index contributed by atoms with van der Waals surface area (Å²) in [6.45, 7) is -0.655. The maximum Gasteiger partial charge on any atom is 0.326 e. The molecule has 2 aromatic carbocycles. The number of benzene rings is 2. The minimum absolute atomic E-state index is 0.0234. The van der Waals surface area contributed by atoms with Gasteiger partial charge in [-0.15, -0.1) is 0 Å². The van der Waals surface area contributed by atoms with Crippen molar-refractivity contribution in [3.63, 3.8) is 0 Å². The van der Waals surface area contributed by atoms with E-state index in [2.05, 4.69) is 4.72 Å². The summed E-state index contributed by atoms with van der Waals surface area (Å²) in [6.07, 6.45) is 1.80. The van der Waals surface area contributed by atoms with E-state index in [-0.39, 0.29) is 17.2 Å². The van der Waals surface area contributed by atoms with E-state index >= 15 is 4.39 Å². The Hall–Kier alpha value is -2.86. The van der Waals surface area contributed by atoms with Crippen LogP contribution in [-0.4, -0.2) is 40.1 Å². The second-order valence-electron chi connectivity index (χ2n) is 7.24. The molecule has 1 heterocycles. The van der Waals surface area contributed by atoms with Gasteiger partial charge in [0.25, 0.3) is 5.91 Å². The largest absolute Gasteiger partial charge is 0.506 e. The summed E-state index contributed by atoms with van der Waals surface area (Å²) >= 11 is 0. The van der Waals surface area contributed by atoms with E-state index < -0.39 is 49.9 Å². The normalized spacial score (nSPS) is 18.3. The zero-order valence-corrected chi connectivity index (χ0v) is 17.1. The van der Waals surface area contributed by atoms with Crippen LogP contribution in [0.1, 0.15) is 12.8 Å². The quantitative estimate of drug-likeness (QED) is 0.605. The zero-order valence-electron chi connectivity index (χ0n) is 15.5. The Balaban J connectivity index is 1.64. The van der Waals surface area contributed by atoms with Crippen LogP contribution in [0.2, 0.25) is 0 Å². The van der Waals surface area contributed by atoms with Crippen LogP contribution in [0.15, 0.2) is 36.4 Å². The van der Waals surface area contributed by atoms with Crippen molar-refractivity contribution in [2.45, 2.75) is 12.8 Å². The number of amides is 1. The Kier molecular flexibility index (Phi) is 4.85. The molecule has 1 aliphatic heterocycles. The Morgan fingerprint density at radius 3 is 2.40 bits per heavy atom. The number of carbonyl (C=O) groups is 1. The number of aromatic hydroxyl groups is 1. The summed E-state index contributed by atoms with van der Waals surface area (Å²) < 4.78 is 68.0. The molecule has 9 nitrogen and oxygen atoms in total. The number of phenolic OH excluding ortho intramolecular Hbond substituents is 1. The van der Waals surface area contributed by atoms with Gasteiger partial charge in [0.05, 0.1) is 5.75 Å². The van der Waals surface area contributed by atoms with Crippen LogP contribution in [0.4, 0.5) is 15.8 Å². The smallest absolute Gasteiger partial charge is 0.326 e.